The zero-order valence-electron chi connectivity index (χ0n) is 6.20. The van der Waals surface area contributed by atoms with Crippen molar-refractivity contribution in [3.05, 3.63) is 27.7 Å². The molecule has 0 atom stereocenters. The Kier molecular flexibility index (Phi) is 3.55. The van der Waals surface area contributed by atoms with E-state index in [-0.39, 0.29) is 21.6 Å². The summed E-state index contributed by atoms with van der Waals surface area (Å²) in [6, 6.07) is 1.00. The third-order valence-electron chi connectivity index (χ3n) is 1.41. The molecule has 0 aromatic carbocycles. The average molecular weight is 274 g/mol. The molecule has 0 aliphatic rings. The highest BCUT2D eigenvalue weighted by Gasteiger charge is 2.16. The fourth-order valence-electron chi connectivity index (χ4n) is 0.776. The summed E-state index contributed by atoms with van der Waals surface area (Å²) in [4.78, 5) is 3.25. The second-order valence-electron chi connectivity index (χ2n) is 2.25. The minimum atomic E-state index is -2.69. The Bertz CT molecular complexity index is 319. The molecule has 0 fully saturated rings. The van der Waals surface area contributed by atoms with Crippen molar-refractivity contribution in [2.45, 2.75) is 12.3 Å². The summed E-state index contributed by atoms with van der Waals surface area (Å²) in [5.74, 6) is -1.00. The highest BCUT2D eigenvalue weighted by Crippen LogP contribution is 2.27. The van der Waals surface area contributed by atoms with Crippen LogP contribution < -0.4 is 0 Å². The molecule has 1 aromatic rings. The molecule has 0 N–H and O–H groups in total. The fourth-order valence-corrected chi connectivity index (χ4v) is 1.41. The standard InChI is InChI=1S/C7H4BrClF3N/c8-5-4(6(10)11)1-3(2-9)7(12)13-5/h1,6H,2H2. The number of rotatable bonds is 2. The topological polar surface area (TPSA) is 12.9 Å². The van der Waals surface area contributed by atoms with Crippen LogP contribution in [0.25, 0.3) is 0 Å². The maximum Gasteiger partial charge on any atom is 0.266 e. The van der Waals surface area contributed by atoms with Gasteiger partial charge in [0.2, 0.25) is 5.95 Å². The highest BCUT2D eigenvalue weighted by atomic mass is 79.9. The second-order valence-corrected chi connectivity index (χ2v) is 3.27. The number of halogens is 5. The van der Waals surface area contributed by atoms with Crippen molar-refractivity contribution in [3.8, 4) is 0 Å². The molecule has 13 heavy (non-hydrogen) atoms. The van der Waals surface area contributed by atoms with Gasteiger partial charge in [0.1, 0.15) is 4.60 Å². The van der Waals surface area contributed by atoms with Gasteiger partial charge < -0.3 is 0 Å². The molecular formula is C7H4BrClF3N. The lowest BCUT2D eigenvalue weighted by Crippen LogP contribution is -1.97. The van der Waals surface area contributed by atoms with Gasteiger partial charge in [0.15, 0.2) is 0 Å². The molecule has 72 valence electrons. The van der Waals surface area contributed by atoms with Crippen LogP contribution in [0.3, 0.4) is 0 Å². The molecule has 1 nitrogen and oxygen atoms in total. The predicted octanol–water partition coefficient (Wildman–Crippen LogP) is 3.66. The molecule has 0 aliphatic heterocycles. The van der Waals surface area contributed by atoms with Crippen molar-refractivity contribution in [1.82, 2.24) is 4.98 Å². The minimum absolute atomic E-state index is 0.0276. The van der Waals surface area contributed by atoms with E-state index in [0.29, 0.717) is 0 Å². The van der Waals surface area contributed by atoms with Crippen LogP contribution in [0.1, 0.15) is 17.6 Å². The van der Waals surface area contributed by atoms with E-state index in [1.165, 1.54) is 0 Å². The van der Waals surface area contributed by atoms with Crippen LogP contribution in [0, 0.1) is 5.95 Å². The van der Waals surface area contributed by atoms with Crippen LogP contribution in [0.2, 0.25) is 0 Å². The molecule has 1 aromatic heterocycles. The molecule has 0 amide bonds. The first-order chi connectivity index (χ1) is 6.06. The van der Waals surface area contributed by atoms with Gasteiger partial charge in [-0.1, -0.05) is 0 Å². The molecule has 0 radical (unpaired) electrons. The molecule has 0 saturated carbocycles. The van der Waals surface area contributed by atoms with Crippen LogP contribution in [0.5, 0.6) is 0 Å². The van der Waals surface area contributed by atoms with E-state index in [4.69, 9.17) is 11.6 Å². The predicted molar refractivity (Wildman–Crippen MR) is 46.4 cm³/mol. The monoisotopic (exact) mass is 273 g/mol. The van der Waals surface area contributed by atoms with Gasteiger partial charge in [-0.3, -0.25) is 0 Å². The first-order valence-electron chi connectivity index (χ1n) is 3.25. The largest absolute Gasteiger partial charge is 0.266 e. The van der Waals surface area contributed by atoms with E-state index in [1.54, 1.807) is 0 Å². The molecule has 6 heteroatoms. The number of hydrogen-bond acceptors (Lipinski definition) is 1. The normalized spacial score (nSPS) is 10.9. The average Bonchev–Trinajstić information content (AvgIpc) is 2.03. The summed E-state index contributed by atoms with van der Waals surface area (Å²) in [5, 5.41) is 0. The Morgan fingerprint density at radius 3 is 2.62 bits per heavy atom. The molecule has 1 rings (SSSR count). The first kappa shape index (κ1) is 10.8. The van der Waals surface area contributed by atoms with Crippen molar-refractivity contribution < 1.29 is 13.2 Å². The van der Waals surface area contributed by atoms with E-state index in [1.807, 2.05) is 0 Å². The SMILES string of the molecule is Fc1nc(Br)c(C(F)F)cc1CCl. The molecule has 0 saturated heterocycles. The molecule has 0 aliphatic carbocycles. The van der Waals surface area contributed by atoms with Gasteiger partial charge in [0.05, 0.1) is 11.4 Å². The molecule has 0 spiro atoms. The quantitative estimate of drug-likeness (QED) is 0.592. The van der Waals surface area contributed by atoms with Crippen molar-refractivity contribution in [3.63, 3.8) is 0 Å². The van der Waals surface area contributed by atoms with Crippen molar-refractivity contribution in [1.29, 1.82) is 0 Å². The van der Waals surface area contributed by atoms with Crippen LogP contribution in [-0.4, -0.2) is 4.98 Å². The van der Waals surface area contributed by atoms with Gasteiger partial charge in [-0.25, -0.2) is 13.8 Å². The van der Waals surface area contributed by atoms with Gasteiger partial charge in [-0.15, -0.1) is 11.6 Å². The van der Waals surface area contributed by atoms with Crippen LogP contribution in [-0.2, 0) is 5.88 Å². The fraction of sp³-hybridized carbons (Fsp3) is 0.286. The van der Waals surface area contributed by atoms with E-state index in [2.05, 4.69) is 20.9 Å². The first-order valence-corrected chi connectivity index (χ1v) is 4.58. The third kappa shape index (κ3) is 2.34. The molecule has 1 heterocycles. The number of nitrogens with zero attached hydrogens (tertiary/aromatic N) is 1. The van der Waals surface area contributed by atoms with Crippen LogP contribution >= 0.6 is 27.5 Å². The maximum atomic E-state index is 12.8. The smallest absolute Gasteiger partial charge is 0.212 e. The zero-order chi connectivity index (χ0) is 10.0. The second kappa shape index (κ2) is 4.28. The molecule has 0 unspecified atom stereocenters. The Morgan fingerprint density at radius 2 is 2.15 bits per heavy atom. The molecular weight excluding hydrogens is 270 g/mol. The Hall–Kier alpha value is -0.290. The number of pyridine rings is 1. The van der Waals surface area contributed by atoms with E-state index in [9.17, 15) is 13.2 Å². The van der Waals surface area contributed by atoms with Gasteiger partial charge in [-0.2, -0.15) is 4.39 Å². The Morgan fingerprint density at radius 1 is 1.54 bits per heavy atom. The summed E-state index contributed by atoms with van der Waals surface area (Å²) in [5.41, 5.74) is -0.378. The van der Waals surface area contributed by atoms with Crippen LogP contribution in [0.15, 0.2) is 10.7 Å². The van der Waals surface area contributed by atoms with Crippen molar-refractivity contribution >= 4 is 27.5 Å². The zero-order valence-corrected chi connectivity index (χ0v) is 8.54. The molecule has 0 bridgehead atoms. The van der Waals surface area contributed by atoms with E-state index < -0.39 is 12.4 Å². The maximum absolute atomic E-state index is 12.8. The lowest BCUT2D eigenvalue weighted by molar-refractivity contribution is 0.149. The van der Waals surface area contributed by atoms with Gasteiger partial charge in [0, 0.05) is 5.56 Å². The van der Waals surface area contributed by atoms with Gasteiger partial charge >= 0.3 is 0 Å². The highest BCUT2D eigenvalue weighted by molar-refractivity contribution is 9.10. The number of hydrogen-bond donors (Lipinski definition) is 0. The number of alkyl halides is 3. The Labute approximate surface area is 86.0 Å². The summed E-state index contributed by atoms with van der Waals surface area (Å²) >= 11 is 8.06. The van der Waals surface area contributed by atoms with Crippen molar-refractivity contribution in [2.75, 3.05) is 0 Å². The summed E-state index contributed by atoms with van der Waals surface area (Å²) in [7, 11) is 0. The summed E-state index contributed by atoms with van der Waals surface area (Å²) in [6.45, 7) is 0. The van der Waals surface area contributed by atoms with Gasteiger partial charge in [0.25, 0.3) is 6.43 Å². The summed E-state index contributed by atoms with van der Waals surface area (Å²) < 4.78 is 37.1. The van der Waals surface area contributed by atoms with E-state index in [0.717, 1.165) is 6.07 Å². The minimum Gasteiger partial charge on any atom is -0.212 e. The summed E-state index contributed by atoms with van der Waals surface area (Å²) in [6.07, 6.45) is -2.69. The lowest BCUT2D eigenvalue weighted by atomic mass is 10.2. The third-order valence-corrected chi connectivity index (χ3v) is 2.33. The van der Waals surface area contributed by atoms with Crippen LogP contribution in [0.4, 0.5) is 13.2 Å². The Balaban J connectivity index is 3.22. The van der Waals surface area contributed by atoms with Gasteiger partial charge in [-0.05, 0) is 22.0 Å². The lowest BCUT2D eigenvalue weighted by Gasteiger charge is -2.05. The van der Waals surface area contributed by atoms with Crippen molar-refractivity contribution in [2.24, 2.45) is 0 Å². The van der Waals surface area contributed by atoms with E-state index >= 15 is 0 Å². The number of aromatic nitrogens is 1.